The van der Waals surface area contributed by atoms with Crippen LogP contribution in [0.25, 0.3) is 0 Å². The van der Waals surface area contributed by atoms with Crippen molar-refractivity contribution < 1.29 is 9.47 Å². The van der Waals surface area contributed by atoms with E-state index in [0.29, 0.717) is 18.1 Å². The van der Waals surface area contributed by atoms with E-state index in [9.17, 15) is 0 Å². The zero-order chi connectivity index (χ0) is 14.2. The molecule has 2 aliphatic rings. The molecule has 2 aliphatic heterocycles. The Labute approximate surface area is 130 Å². The fraction of sp³-hybridized carbons (Fsp3) is 1.00. The standard InChI is InChI=1S/C17H32O2S/c1-2-3-4-6-11-18-13-15-14(8-5-7-12-20)16-9-10-17(15)19-16/h14-17,20H,2-13H2,1H3/t14-,15+,16-,17+/m1/s1. The summed E-state index contributed by atoms with van der Waals surface area (Å²) in [6.45, 7) is 4.12. The topological polar surface area (TPSA) is 18.5 Å². The average Bonchev–Trinajstić information content (AvgIpc) is 3.05. The molecule has 0 saturated carbocycles. The molecule has 2 nitrogen and oxygen atoms in total. The van der Waals surface area contributed by atoms with Crippen LogP contribution in [-0.2, 0) is 9.47 Å². The number of hydrogen-bond acceptors (Lipinski definition) is 3. The van der Waals surface area contributed by atoms with Gasteiger partial charge in [0.1, 0.15) is 0 Å². The van der Waals surface area contributed by atoms with E-state index < -0.39 is 0 Å². The van der Waals surface area contributed by atoms with Gasteiger partial charge in [-0.25, -0.2) is 0 Å². The van der Waals surface area contributed by atoms with Crippen molar-refractivity contribution in [2.75, 3.05) is 19.0 Å². The highest BCUT2D eigenvalue weighted by atomic mass is 32.1. The molecule has 0 N–H and O–H groups in total. The van der Waals surface area contributed by atoms with Gasteiger partial charge in [-0.2, -0.15) is 12.6 Å². The second kappa shape index (κ2) is 9.32. The van der Waals surface area contributed by atoms with Crippen LogP contribution < -0.4 is 0 Å². The first-order chi connectivity index (χ1) is 9.86. The number of rotatable bonds is 11. The van der Waals surface area contributed by atoms with Gasteiger partial charge in [-0.3, -0.25) is 0 Å². The van der Waals surface area contributed by atoms with Gasteiger partial charge < -0.3 is 9.47 Å². The minimum absolute atomic E-state index is 0.497. The molecule has 0 aromatic rings. The molecule has 0 aromatic carbocycles. The summed E-state index contributed by atoms with van der Waals surface area (Å²) >= 11 is 4.31. The van der Waals surface area contributed by atoms with E-state index in [0.717, 1.165) is 24.9 Å². The van der Waals surface area contributed by atoms with Gasteiger partial charge in [0, 0.05) is 12.5 Å². The zero-order valence-electron chi connectivity index (χ0n) is 13.1. The third-order valence-electron chi connectivity index (χ3n) is 4.99. The van der Waals surface area contributed by atoms with Gasteiger partial charge in [-0.1, -0.05) is 32.6 Å². The van der Waals surface area contributed by atoms with Gasteiger partial charge in [0.15, 0.2) is 0 Å². The Morgan fingerprint density at radius 2 is 1.80 bits per heavy atom. The molecule has 4 atom stereocenters. The van der Waals surface area contributed by atoms with E-state index in [1.807, 2.05) is 0 Å². The molecule has 118 valence electrons. The van der Waals surface area contributed by atoms with Crippen molar-refractivity contribution >= 4 is 12.6 Å². The molecule has 2 heterocycles. The maximum absolute atomic E-state index is 6.12. The molecule has 2 saturated heterocycles. The van der Waals surface area contributed by atoms with Crippen LogP contribution in [0.5, 0.6) is 0 Å². The van der Waals surface area contributed by atoms with Gasteiger partial charge in [-0.05, 0) is 43.8 Å². The lowest BCUT2D eigenvalue weighted by molar-refractivity contribution is 0.0473. The highest BCUT2D eigenvalue weighted by Crippen LogP contribution is 2.45. The third-order valence-corrected chi connectivity index (χ3v) is 5.30. The van der Waals surface area contributed by atoms with E-state index in [1.165, 1.54) is 57.8 Å². The maximum Gasteiger partial charge on any atom is 0.0633 e. The Hall–Kier alpha value is 0.270. The predicted octanol–water partition coefficient (Wildman–Crippen LogP) is 4.48. The number of unbranched alkanes of at least 4 members (excludes halogenated alkanes) is 4. The van der Waals surface area contributed by atoms with Crippen molar-refractivity contribution in [2.24, 2.45) is 11.8 Å². The van der Waals surface area contributed by atoms with Gasteiger partial charge in [0.25, 0.3) is 0 Å². The molecule has 0 spiro atoms. The molecular weight excluding hydrogens is 268 g/mol. The predicted molar refractivity (Wildman–Crippen MR) is 87.5 cm³/mol. The normalized spacial score (nSPS) is 32.1. The summed E-state index contributed by atoms with van der Waals surface area (Å²) in [6.07, 6.45) is 12.6. The number of ether oxygens (including phenoxy) is 2. The largest absolute Gasteiger partial charge is 0.381 e. The second-order valence-corrected chi connectivity index (χ2v) is 6.92. The molecule has 0 radical (unpaired) electrons. The van der Waals surface area contributed by atoms with Crippen LogP contribution in [0.3, 0.4) is 0 Å². The van der Waals surface area contributed by atoms with Crippen LogP contribution >= 0.6 is 12.6 Å². The first kappa shape index (κ1) is 16.6. The van der Waals surface area contributed by atoms with Gasteiger partial charge in [0.2, 0.25) is 0 Å². The number of fused-ring (bicyclic) bond motifs is 2. The highest BCUT2D eigenvalue weighted by molar-refractivity contribution is 7.80. The summed E-state index contributed by atoms with van der Waals surface area (Å²) in [7, 11) is 0. The first-order valence-corrected chi connectivity index (χ1v) is 9.34. The smallest absolute Gasteiger partial charge is 0.0633 e. The summed E-state index contributed by atoms with van der Waals surface area (Å²) in [5.74, 6) is 2.43. The van der Waals surface area contributed by atoms with Crippen molar-refractivity contribution in [3.63, 3.8) is 0 Å². The molecule has 3 heteroatoms. The van der Waals surface area contributed by atoms with Crippen LogP contribution in [0.2, 0.25) is 0 Å². The first-order valence-electron chi connectivity index (χ1n) is 8.71. The van der Waals surface area contributed by atoms with Crippen molar-refractivity contribution in [3.8, 4) is 0 Å². The zero-order valence-corrected chi connectivity index (χ0v) is 14.0. The fourth-order valence-electron chi connectivity index (χ4n) is 3.84. The summed E-state index contributed by atoms with van der Waals surface area (Å²) in [4.78, 5) is 0. The molecule has 0 unspecified atom stereocenters. The van der Waals surface area contributed by atoms with E-state index in [-0.39, 0.29) is 0 Å². The molecule has 2 rings (SSSR count). The van der Waals surface area contributed by atoms with Gasteiger partial charge in [-0.15, -0.1) is 0 Å². The average molecular weight is 301 g/mol. The summed E-state index contributed by atoms with van der Waals surface area (Å²) in [5.41, 5.74) is 0. The summed E-state index contributed by atoms with van der Waals surface area (Å²) in [6, 6.07) is 0. The van der Waals surface area contributed by atoms with Crippen LogP contribution in [0.1, 0.15) is 64.7 Å². The lowest BCUT2D eigenvalue weighted by Crippen LogP contribution is -2.31. The molecule has 2 bridgehead atoms. The Morgan fingerprint density at radius 1 is 1.00 bits per heavy atom. The minimum atomic E-state index is 0.497. The van der Waals surface area contributed by atoms with Crippen LogP contribution in [0.15, 0.2) is 0 Å². The van der Waals surface area contributed by atoms with Crippen molar-refractivity contribution in [3.05, 3.63) is 0 Å². The van der Waals surface area contributed by atoms with Gasteiger partial charge in [0.05, 0.1) is 18.8 Å². The van der Waals surface area contributed by atoms with E-state index in [2.05, 4.69) is 19.6 Å². The maximum atomic E-state index is 6.12. The monoisotopic (exact) mass is 300 g/mol. The minimum Gasteiger partial charge on any atom is -0.381 e. The molecule has 20 heavy (non-hydrogen) atoms. The van der Waals surface area contributed by atoms with Gasteiger partial charge >= 0.3 is 0 Å². The third kappa shape index (κ3) is 4.64. The second-order valence-electron chi connectivity index (χ2n) is 6.47. The molecule has 0 aliphatic carbocycles. The highest BCUT2D eigenvalue weighted by Gasteiger charge is 2.48. The fourth-order valence-corrected chi connectivity index (χ4v) is 4.07. The Balaban J connectivity index is 1.65. The van der Waals surface area contributed by atoms with E-state index in [1.54, 1.807) is 0 Å². The molecular formula is C17H32O2S. The van der Waals surface area contributed by atoms with Crippen molar-refractivity contribution in [2.45, 2.75) is 76.9 Å². The summed E-state index contributed by atoms with van der Waals surface area (Å²) in [5, 5.41) is 0. The SMILES string of the molecule is CCCCCCOC[C@H]1[C@@H](CCCCS)[C@H]2CC[C@@H]1O2. The quantitative estimate of drug-likeness (QED) is 0.448. The van der Waals surface area contributed by atoms with Crippen molar-refractivity contribution in [1.82, 2.24) is 0 Å². The molecule has 2 fully saturated rings. The van der Waals surface area contributed by atoms with Crippen LogP contribution in [0, 0.1) is 11.8 Å². The van der Waals surface area contributed by atoms with Crippen LogP contribution in [0.4, 0.5) is 0 Å². The Kier molecular flexibility index (Phi) is 7.75. The van der Waals surface area contributed by atoms with E-state index >= 15 is 0 Å². The lowest BCUT2D eigenvalue weighted by Gasteiger charge is -2.27. The van der Waals surface area contributed by atoms with E-state index in [4.69, 9.17) is 9.47 Å². The number of thiol groups is 1. The Morgan fingerprint density at radius 3 is 2.55 bits per heavy atom. The van der Waals surface area contributed by atoms with Crippen LogP contribution in [-0.4, -0.2) is 31.2 Å². The number of hydrogen-bond donors (Lipinski definition) is 1. The Bertz CT molecular complexity index is 259. The lowest BCUT2D eigenvalue weighted by atomic mass is 9.77. The molecule has 0 aromatic heterocycles. The summed E-state index contributed by atoms with van der Waals surface area (Å²) < 4.78 is 12.1. The molecule has 0 amide bonds. The van der Waals surface area contributed by atoms with Crippen molar-refractivity contribution in [1.29, 1.82) is 0 Å².